The number of hydrogen-bond donors (Lipinski definition) is 1. The van der Waals surface area contributed by atoms with Crippen LogP contribution in [-0.4, -0.2) is 36.8 Å². The number of nitrogens with zero attached hydrogens (tertiary/aromatic N) is 2. The van der Waals surface area contributed by atoms with Gasteiger partial charge in [0.2, 0.25) is 0 Å². The van der Waals surface area contributed by atoms with Crippen molar-refractivity contribution in [3.8, 4) is 17.2 Å². The number of pyridine rings is 1. The topological polar surface area (TPSA) is 99.1 Å². The van der Waals surface area contributed by atoms with Gasteiger partial charge in [0, 0.05) is 12.4 Å². The molecule has 170 valence electrons. The Bertz CT molecular complexity index is 1100. The molecule has 3 rings (SSSR count). The molecule has 0 aliphatic rings. The second kappa shape index (κ2) is 12.0. The largest absolute Gasteiger partial charge is 0.494 e. The van der Waals surface area contributed by atoms with Crippen molar-refractivity contribution in [1.29, 1.82) is 0 Å². The molecule has 0 aliphatic heterocycles. The van der Waals surface area contributed by atoms with Crippen molar-refractivity contribution in [2.24, 2.45) is 5.10 Å². The van der Waals surface area contributed by atoms with Gasteiger partial charge in [-0.05, 0) is 66.6 Å². The smallest absolute Gasteiger partial charge is 0.343 e. The van der Waals surface area contributed by atoms with Crippen molar-refractivity contribution in [3.63, 3.8) is 0 Å². The van der Waals surface area contributed by atoms with Crippen LogP contribution in [0.25, 0.3) is 0 Å². The van der Waals surface area contributed by atoms with Crippen molar-refractivity contribution >= 4 is 18.1 Å². The molecule has 8 heteroatoms. The van der Waals surface area contributed by atoms with E-state index < -0.39 is 5.97 Å². The van der Waals surface area contributed by atoms with Crippen LogP contribution in [0.15, 0.2) is 72.1 Å². The van der Waals surface area contributed by atoms with Gasteiger partial charge in [-0.2, -0.15) is 5.10 Å². The van der Waals surface area contributed by atoms with Crippen molar-refractivity contribution in [3.05, 3.63) is 83.7 Å². The first kappa shape index (κ1) is 23.5. The van der Waals surface area contributed by atoms with Gasteiger partial charge in [-0.15, -0.1) is 0 Å². The van der Waals surface area contributed by atoms with Crippen LogP contribution in [-0.2, 0) is 0 Å². The predicted octanol–water partition coefficient (Wildman–Crippen LogP) is 4.25. The number of unbranched alkanes of at least 4 members (excludes halogenated alkanes) is 1. The summed E-state index contributed by atoms with van der Waals surface area (Å²) in [7, 11) is 1.47. The number of carbonyl (C=O) groups is 2. The Labute approximate surface area is 192 Å². The van der Waals surface area contributed by atoms with Gasteiger partial charge in [0.15, 0.2) is 11.5 Å². The summed E-state index contributed by atoms with van der Waals surface area (Å²) in [5.41, 5.74) is 3.86. The van der Waals surface area contributed by atoms with E-state index in [1.807, 2.05) is 0 Å². The van der Waals surface area contributed by atoms with Gasteiger partial charge >= 0.3 is 5.97 Å². The maximum absolute atomic E-state index is 12.5. The minimum absolute atomic E-state index is 0.266. The summed E-state index contributed by atoms with van der Waals surface area (Å²) in [6.45, 7) is 2.73. The van der Waals surface area contributed by atoms with E-state index in [2.05, 4.69) is 22.4 Å². The zero-order chi connectivity index (χ0) is 23.5. The first-order chi connectivity index (χ1) is 16.1. The number of amides is 1. The number of carbonyl (C=O) groups excluding carboxylic acids is 2. The lowest BCUT2D eigenvalue weighted by Gasteiger charge is -2.10. The van der Waals surface area contributed by atoms with E-state index in [1.54, 1.807) is 60.8 Å². The number of aromatic nitrogens is 1. The monoisotopic (exact) mass is 447 g/mol. The normalized spacial score (nSPS) is 10.6. The number of esters is 1. The second-order valence-corrected chi connectivity index (χ2v) is 6.97. The lowest BCUT2D eigenvalue weighted by molar-refractivity contribution is 0.0729. The molecule has 3 aromatic rings. The Kier molecular flexibility index (Phi) is 8.53. The van der Waals surface area contributed by atoms with E-state index in [9.17, 15) is 9.59 Å². The zero-order valence-corrected chi connectivity index (χ0v) is 18.5. The molecule has 1 amide bonds. The molecule has 0 radical (unpaired) electrons. The molecule has 8 nitrogen and oxygen atoms in total. The Hall–Kier alpha value is -4.20. The maximum Gasteiger partial charge on any atom is 0.343 e. The van der Waals surface area contributed by atoms with E-state index in [0.717, 1.165) is 12.8 Å². The SMILES string of the molecule is CCCCOc1ccc(C(=O)Oc2ccc(C=NNC(=O)c3cccnc3)cc2OC)cc1. The van der Waals surface area contributed by atoms with Crippen LogP contribution in [0, 0.1) is 0 Å². The summed E-state index contributed by atoms with van der Waals surface area (Å²) in [4.78, 5) is 28.4. The molecular formula is C25H25N3O5. The third kappa shape index (κ3) is 6.90. The molecule has 2 aromatic carbocycles. The first-order valence-corrected chi connectivity index (χ1v) is 10.5. The zero-order valence-electron chi connectivity index (χ0n) is 18.5. The van der Waals surface area contributed by atoms with Crippen molar-refractivity contribution < 1.29 is 23.8 Å². The number of methoxy groups -OCH3 is 1. The highest BCUT2D eigenvalue weighted by Gasteiger charge is 2.13. The number of benzene rings is 2. The standard InChI is InChI=1S/C25H25N3O5/c1-3-4-14-32-21-10-8-19(9-11-21)25(30)33-22-12-7-18(15-23(22)31-2)16-27-28-24(29)20-6-5-13-26-17-20/h5-13,15-17H,3-4,14H2,1-2H3,(H,28,29). The van der Waals surface area contributed by atoms with Crippen LogP contribution in [0.1, 0.15) is 46.0 Å². The van der Waals surface area contributed by atoms with Crippen LogP contribution < -0.4 is 19.6 Å². The van der Waals surface area contributed by atoms with Crippen LogP contribution in [0.5, 0.6) is 17.2 Å². The molecule has 0 saturated heterocycles. The summed E-state index contributed by atoms with van der Waals surface area (Å²) in [5, 5.41) is 3.94. The average Bonchev–Trinajstić information content (AvgIpc) is 2.85. The van der Waals surface area contributed by atoms with Gasteiger partial charge < -0.3 is 14.2 Å². The summed E-state index contributed by atoms with van der Waals surface area (Å²) in [6, 6.07) is 15.0. The van der Waals surface area contributed by atoms with Gasteiger partial charge in [0.05, 0.1) is 31.1 Å². The van der Waals surface area contributed by atoms with Gasteiger partial charge in [0.25, 0.3) is 5.91 Å². The van der Waals surface area contributed by atoms with Gasteiger partial charge in [0.1, 0.15) is 5.75 Å². The Morgan fingerprint density at radius 3 is 2.58 bits per heavy atom. The van der Waals surface area contributed by atoms with E-state index in [-0.39, 0.29) is 11.7 Å². The van der Waals surface area contributed by atoms with Crippen LogP contribution in [0.4, 0.5) is 0 Å². The molecule has 0 aliphatic carbocycles. The lowest BCUT2D eigenvalue weighted by atomic mass is 10.2. The second-order valence-electron chi connectivity index (χ2n) is 6.97. The minimum Gasteiger partial charge on any atom is -0.494 e. The Morgan fingerprint density at radius 1 is 1.06 bits per heavy atom. The highest BCUT2D eigenvalue weighted by Crippen LogP contribution is 2.28. The summed E-state index contributed by atoms with van der Waals surface area (Å²) >= 11 is 0. The molecule has 0 saturated carbocycles. The molecule has 1 N–H and O–H groups in total. The molecule has 0 fully saturated rings. The quantitative estimate of drug-likeness (QED) is 0.164. The third-order valence-corrected chi connectivity index (χ3v) is 4.55. The Morgan fingerprint density at radius 2 is 1.88 bits per heavy atom. The molecule has 1 aromatic heterocycles. The number of hydrogen-bond acceptors (Lipinski definition) is 7. The molecule has 33 heavy (non-hydrogen) atoms. The van der Waals surface area contributed by atoms with E-state index >= 15 is 0 Å². The van der Waals surface area contributed by atoms with Crippen molar-refractivity contribution in [1.82, 2.24) is 10.4 Å². The lowest BCUT2D eigenvalue weighted by Crippen LogP contribution is -2.17. The number of nitrogens with one attached hydrogen (secondary N) is 1. The van der Waals surface area contributed by atoms with Crippen LogP contribution in [0.3, 0.4) is 0 Å². The van der Waals surface area contributed by atoms with E-state index in [0.29, 0.717) is 34.8 Å². The fourth-order valence-electron chi connectivity index (χ4n) is 2.76. The fourth-order valence-corrected chi connectivity index (χ4v) is 2.76. The number of rotatable bonds is 10. The number of ether oxygens (including phenoxy) is 3. The van der Waals surface area contributed by atoms with Gasteiger partial charge in [-0.25, -0.2) is 10.2 Å². The summed E-state index contributed by atoms with van der Waals surface area (Å²) < 4.78 is 16.4. The molecule has 0 bridgehead atoms. The Balaban J connectivity index is 1.61. The molecular weight excluding hydrogens is 422 g/mol. The predicted molar refractivity (Wildman–Crippen MR) is 124 cm³/mol. The van der Waals surface area contributed by atoms with Crippen LogP contribution >= 0.6 is 0 Å². The minimum atomic E-state index is -0.515. The highest BCUT2D eigenvalue weighted by molar-refractivity contribution is 5.94. The van der Waals surface area contributed by atoms with Gasteiger partial charge in [-0.3, -0.25) is 9.78 Å². The van der Waals surface area contributed by atoms with E-state index in [4.69, 9.17) is 14.2 Å². The summed E-state index contributed by atoms with van der Waals surface area (Å²) in [6.07, 6.45) is 6.51. The third-order valence-electron chi connectivity index (χ3n) is 4.55. The first-order valence-electron chi connectivity index (χ1n) is 10.5. The van der Waals surface area contributed by atoms with Crippen molar-refractivity contribution in [2.75, 3.05) is 13.7 Å². The van der Waals surface area contributed by atoms with E-state index in [1.165, 1.54) is 19.5 Å². The van der Waals surface area contributed by atoms with Crippen molar-refractivity contribution in [2.45, 2.75) is 19.8 Å². The molecule has 0 atom stereocenters. The molecule has 0 unspecified atom stereocenters. The average molecular weight is 447 g/mol. The van der Waals surface area contributed by atoms with Crippen LogP contribution in [0.2, 0.25) is 0 Å². The summed E-state index contributed by atoms with van der Waals surface area (Å²) in [5.74, 6) is 0.432. The maximum atomic E-state index is 12.5. The fraction of sp³-hybridized carbons (Fsp3) is 0.200. The molecule has 0 spiro atoms. The number of hydrazone groups is 1. The highest BCUT2D eigenvalue weighted by atomic mass is 16.6. The van der Waals surface area contributed by atoms with Gasteiger partial charge in [-0.1, -0.05) is 13.3 Å². The molecule has 1 heterocycles.